The van der Waals surface area contributed by atoms with Gasteiger partial charge in [-0.1, -0.05) is 85.0 Å². The standard InChI is InChI=1S/C18H37NO/c1-4-7-9-14-17(18(19)20)15-11-10-13-16(6-3)12-8-5-2/h16-17H,4-15H2,1-3H3,(H2,19,20)/t16-,17-/m0/s1. The largest absolute Gasteiger partial charge is 0.369 e. The van der Waals surface area contributed by atoms with Gasteiger partial charge in [0.2, 0.25) is 5.91 Å². The normalized spacial score (nSPS) is 14.2. The number of hydrogen-bond acceptors (Lipinski definition) is 1. The molecule has 2 nitrogen and oxygen atoms in total. The first-order valence-electron chi connectivity index (χ1n) is 8.94. The average molecular weight is 283 g/mol. The van der Waals surface area contributed by atoms with E-state index in [4.69, 9.17) is 5.73 Å². The molecule has 0 aliphatic rings. The number of carbonyl (C=O) groups is 1. The quantitative estimate of drug-likeness (QED) is 0.423. The molecule has 0 aromatic heterocycles. The van der Waals surface area contributed by atoms with Crippen molar-refractivity contribution in [3.8, 4) is 0 Å². The van der Waals surface area contributed by atoms with E-state index in [2.05, 4.69) is 20.8 Å². The van der Waals surface area contributed by atoms with Crippen LogP contribution in [0.2, 0.25) is 0 Å². The highest BCUT2D eigenvalue weighted by Crippen LogP contribution is 2.22. The molecule has 0 saturated carbocycles. The Labute approximate surface area is 126 Å². The second-order valence-corrected chi connectivity index (χ2v) is 6.30. The predicted molar refractivity (Wildman–Crippen MR) is 88.6 cm³/mol. The van der Waals surface area contributed by atoms with Crippen LogP contribution in [0.3, 0.4) is 0 Å². The number of primary amides is 1. The van der Waals surface area contributed by atoms with E-state index in [1.165, 1.54) is 57.8 Å². The van der Waals surface area contributed by atoms with E-state index in [0.29, 0.717) is 0 Å². The Kier molecular flexibility index (Phi) is 13.1. The number of nitrogens with two attached hydrogens (primary N) is 1. The zero-order valence-corrected chi connectivity index (χ0v) is 14.1. The van der Waals surface area contributed by atoms with Crippen molar-refractivity contribution in [3.05, 3.63) is 0 Å². The third kappa shape index (κ3) is 10.3. The summed E-state index contributed by atoms with van der Waals surface area (Å²) in [6, 6.07) is 0. The molecule has 0 radical (unpaired) electrons. The van der Waals surface area contributed by atoms with Crippen LogP contribution in [-0.4, -0.2) is 5.91 Å². The predicted octanol–water partition coefficient (Wildman–Crippen LogP) is 5.45. The summed E-state index contributed by atoms with van der Waals surface area (Å²) in [6.07, 6.45) is 14.7. The van der Waals surface area contributed by atoms with Gasteiger partial charge in [0, 0.05) is 5.92 Å². The number of carbonyl (C=O) groups excluding carboxylic acids is 1. The average Bonchev–Trinajstić information content (AvgIpc) is 2.44. The van der Waals surface area contributed by atoms with E-state index in [9.17, 15) is 4.79 Å². The van der Waals surface area contributed by atoms with Crippen molar-refractivity contribution >= 4 is 5.91 Å². The Hall–Kier alpha value is -0.530. The van der Waals surface area contributed by atoms with E-state index in [1.807, 2.05) is 0 Å². The highest BCUT2D eigenvalue weighted by molar-refractivity contribution is 5.76. The van der Waals surface area contributed by atoms with Gasteiger partial charge < -0.3 is 5.73 Å². The fourth-order valence-corrected chi connectivity index (χ4v) is 2.94. The van der Waals surface area contributed by atoms with Crippen LogP contribution in [0.15, 0.2) is 0 Å². The van der Waals surface area contributed by atoms with Crippen molar-refractivity contribution < 1.29 is 4.79 Å². The molecule has 120 valence electrons. The van der Waals surface area contributed by atoms with Gasteiger partial charge in [-0.3, -0.25) is 4.79 Å². The lowest BCUT2D eigenvalue weighted by Gasteiger charge is -2.16. The van der Waals surface area contributed by atoms with E-state index in [-0.39, 0.29) is 11.8 Å². The number of unbranched alkanes of at least 4 members (excludes halogenated alkanes) is 4. The minimum Gasteiger partial charge on any atom is -0.369 e. The third-order valence-electron chi connectivity index (χ3n) is 4.52. The SMILES string of the molecule is CCCCC[C@@H](CCCC[C@@H](CC)CCCC)C(N)=O. The van der Waals surface area contributed by atoms with Crippen LogP contribution in [0, 0.1) is 11.8 Å². The maximum atomic E-state index is 11.4. The molecular formula is C18H37NO. The molecule has 0 spiro atoms. The summed E-state index contributed by atoms with van der Waals surface area (Å²) >= 11 is 0. The molecule has 0 bridgehead atoms. The summed E-state index contributed by atoms with van der Waals surface area (Å²) in [5.41, 5.74) is 5.51. The van der Waals surface area contributed by atoms with Crippen LogP contribution in [0.25, 0.3) is 0 Å². The summed E-state index contributed by atoms with van der Waals surface area (Å²) < 4.78 is 0. The Morgan fingerprint density at radius 1 is 0.800 bits per heavy atom. The van der Waals surface area contributed by atoms with Gasteiger partial charge in [0.1, 0.15) is 0 Å². The molecule has 1 amide bonds. The first-order chi connectivity index (χ1) is 9.65. The van der Waals surface area contributed by atoms with E-state index in [1.54, 1.807) is 0 Å². The van der Waals surface area contributed by atoms with E-state index in [0.717, 1.165) is 25.2 Å². The van der Waals surface area contributed by atoms with Crippen molar-refractivity contribution in [1.29, 1.82) is 0 Å². The molecule has 2 N–H and O–H groups in total. The summed E-state index contributed by atoms with van der Waals surface area (Å²) in [5, 5.41) is 0. The maximum Gasteiger partial charge on any atom is 0.220 e. The van der Waals surface area contributed by atoms with Crippen LogP contribution >= 0.6 is 0 Å². The molecule has 0 unspecified atom stereocenters. The smallest absolute Gasteiger partial charge is 0.220 e. The van der Waals surface area contributed by atoms with Gasteiger partial charge in [-0.25, -0.2) is 0 Å². The summed E-state index contributed by atoms with van der Waals surface area (Å²) in [5.74, 6) is 0.929. The molecule has 20 heavy (non-hydrogen) atoms. The lowest BCUT2D eigenvalue weighted by atomic mass is 9.90. The van der Waals surface area contributed by atoms with Gasteiger partial charge in [0.15, 0.2) is 0 Å². The van der Waals surface area contributed by atoms with Crippen molar-refractivity contribution in [2.45, 2.75) is 97.8 Å². The number of hydrogen-bond donors (Lipinski definition) is 1. The molecular weight excluding hydrogens is 246 g/mol. The van der Waals surface area contributed by atoms with Gasteiger partial charge in [0.25, 0.3) is 0 Å². The summed E-state index contributed by atoms with van der Waals surface area (Å²) in [4.78, 5) is 11.4. The van der Waals surface area contributed by atoms with Crippen LogP contribution in [0.5, 0.6) is 0 Å². The highest BCUT2D eigenvalue weighted by Gasteiger charge is 2.14. The second kappa shape index (κ2) is 13.5. The van der Waals surface area contributed by atoms with Crippen molar-refractivity contribution in [2.24, 2.45) is 17.6 Å². The fourth-order valence-electron chi connectivity index (χ4n) is 2.94. The molecule has 2 atom stereocenters. The molecule has 0 fully saturated rings. The number of amides is 1. The van der Waals surface area contributed by atoms with Gasteiger partial charge in [-0.05, 0) is 18.8 Å². The van der Waals surface area contributed by atoms with Crippen molar-refractivity contribution in [2.75, 3.05) is 0 Å². The maximum absolute atomic E-state index is 11.4. The van der Waals surface area contributed by atoms with Gasteiger partial charge in [0.05, 0.1) is 0 Å². The Balaban J connectivity index is 3.78. The van der Waals surface area contributed by atoms with Gasteiger partial charge in [-0.15, -0.1) is 0 Å². The molecule has 0 aliphatic heterocycles. The topological polar surface area (TPSA) is 43.1 Å². The molecule has 0 aromatic rings. The highest BCUT2D eigenvalue weighted by atomic mass is 16.1. The lowest BCUT2D eigenvalue weighted by molar-refractivity contribution is -0.122. The van der Waals surface area contributed by atoms with E-state index < -0.39 is 0 Å². The van der Waals surface area contributed by atoms with Crippen LogP contribution in [-0.2, 0) is 4.79 Å². The molecule has 0 heterocycles. The molecule has 0 saturated heterocycles. The number of rotatable bonds is 14. The Morgan fingerprint density at radius 2 is 1.30 bits per heavy atom. The van der Waals surface area contributed by atoms with E-state index >= 15 is 0 Å². The van der Waals surface area contributed by atoms with Crippen LogP contribution in [0.1, 0.15) is 97.8 Å². The van der Waals surface area contributed by atoms with Crippen molar-refractivity contribution in [3.63, 3.8) is 0 Å². The molecule has 0 aliphatic carbocycles. The minimum absolute atomic E-state index is 0.0841. The summed E-state index contributed by atoms with van der Waals surface area (Å²) in [6.45, 7) is 6.76. The Morgan fingerprint density at radius 3 is 1.80 bits per heavy atom. The Bertz CT molecular complexity index is 227. The fraction of sp³-hybridized carbons (Fsp3) is 0.944. The third-order valence-corrected chi connectivity index (χ3v) is 4.52. The monoisotopic (exact) mass is 283 g/mol. The zero-order valence-electron chi connectivity index (χ0n) is 14.1. The minimum atomic E-state index is -0.0841. The molecule has 0 rings (SSSR count). The summed E-state index contributed by atoms with van der Waals surface area (Å²) in [7, 11) is 0. The zero-order chi connectivity index (χ0) is 15.2. The molecule has 0 aromatic carbocycles. The first kappa shape index (κ1) is 19.5. The van der Waals surface area contributed by atoms with Crippen LogP contribution in [0.4, 0.5) is 0 Å². The van der Waals surface area contributed by atoms with Crippen LogP contribution < -0.4 is 5.73 Å². The van der Waals surface area contributed by atoms with Gasteiger partial charge in [-0.2, -0.15) is 0 Å². The second-order valence-electron chi connectivity index (χ2n) is 6.30. The first-order valence-corrected chi connectivity index (χ1v) is 8.94. The lowest BCUT2D eigenvalue weighted by Crippen LogP contribution is -2.23. The van der Waals surface area contributed by atoms with Crippen molar-refractivity contribution in [1.82, 2.24) is 0 Å². The van der Waals surface area contributed by atoms with Gasteiger partial charge >= 0.3 is 0 Å². The molecule has 2 heteroatoms.